The number of carboxylic acid groups (broad SMARTS) is 1. The van der Waals surface area contributed by atoms with Crippen molar-refractivity contribution in [2.75, 3.05) is 25.6 Å². The van der Waals surface area contributed by atoms with E-state index >= 15 is 0 Å². The van der Waals surface area contributed by atoms with Gasteiger partial charge in [0.25, 0.3) is 0 Å². The van der Waals surface area contributed by atoms with Gasteiger partial charge in [-0.15, -0.1) is 0 Å². The number of rotatable bonds is 8. The molecule has 1 heterocycles. The molecule has 0 aliphatic carbocycles. The van der Waals surface area contributed by atoms with Gasteiger partial charge in [-0.2, -0.15) is 0 Å². The van der Waals surface area contributed by atoms with E-state index in [0.717, 1.165) is 38.1 Å². The molecule has 0 saturated carbocycles. The van der Waals surface area contributed by atoms with E-state index in [1.807, 2.05) is 0 Å². The molecule has 0 aliphatic rings. The van der Waals surface area contributed by atoms with Gasteiger partial charge < -0.3 is 15.2 Å². The minimum atomic E-state index is -1.01. The number of hydrogen-bond donors (Lipinski definition) is 2. The van der Waals surface area contributed by atoms with Gasteiger partial charge in [-0.1, -0.05) is 0 Å². The Balaban J connectivity index is 2.27. The molecule has 5 heteroatoms. The first-order chi connectivity index (χ1) is 8.24. The maximum absolute atomic E-state index is 10.7. The summed E-state index contributed by atoms with van der Waals surface area (Å²) in [5.41, 5.74) is 0.860. The average molecular weight is 238 g/mol. The van der Waals surface area contributed by atoms with Crippen molar-refractivity contribution in [1.29, 1.82) is 0 Å². The van der Waals surface area contributed by atoms with Crippen LogP contribution in [0.2, 0.25) is 0 Å². The molecule has 0 amide bonds. The second-order valence-corrected chi connectivity index (χ2v) is 3.72. The average Bonchev–Trinajstić information content (AvgIpc) is 2.34. The van der Waals surface area contributed by atoms with Crippen LogP contribution in [0.4, 0.5) is 5.69 Å². The normalized spacial score (nSPS) is 10.2. The number of methoxy groups -OCH3 is 1. The van der Waals surface area contributed by atoms with Crippen LogP contribution in [-0.4, -0.2) is 36.3 Å². The van der Waals surface area contributed by atoms with Gasteiger partial charge in [0.15, 0.2) is 0 Å². The third kappa shape index (κ3) is 5.31. The van der Waals surface area contributed by atoms with Crippen molar-refractivity contribution in [2.45, 2.75) is 19.3 Å². The lowest BCUT2D eigenvalue weighted by atomic mass is 10.2. The van der Waals surface area contributed by atoms with Gasteiger partial charge in [-0.3, -0.25) is 0 Å². The van der Waals surface area contributed by atoms with Crippen LogP contribution in [0.15, 0.2) is 18.3 Å². The highest BCUT2D eigenvalue weighted by molar-refractivity contribution is 5.86. The lowest BCUT2D eigenvalue weighted by molar-refractivity contribution is 0.0690. The highest BCUT2D eigenvalue weighted by atomic mass is 16.5. The fourth-order valence-electron chi connectivity index (χ4n) is 1.44. The van der Waals surface area contributed by atoms with Gasteiger partial charge in [-0.05, 0) is 31.4 Å². The van der Waals surface area contributed by atoms with E-state index in [1.165, 1.54) is 12.3 Å². The zero-order valence-electron chi connectivity index (χ0n) is 9.98. The van der Waals surface area contributed by atoms with Crippen molar-refractivity contribution in [3.63, 3.8) is 0 Å². The smallest absolute Gasteiger partial charge is 0.354 e. The number of pyridine rings is 1. The lowest BCUT2D eigenvalue weighted by Gasteiger charge is -2.06. The molecule has 0 aromatic carbocycles. The van der Waals surface area contributed by atoms with Gasteiger partial charge in [0.1, 0.15) is 5.69 Å². The summed E-state index contributed by atoms with van der Waals surface area (Å²) in [6.07, 6.45) is 4.68. The Kier molecular flexibility index (Phi) is 6.03. The van der Waals surface area contributed by atoms with Crippen LogP contribution >= 0.6 is 0 Å². The molecule has 0 fully saturated rings. The number of aromatic carboxylic acids is 1. The molecule has 0 radical (unpaired) electrons. The van der Waals surface area contributed by atoms with E-state index in [0.29, 0.717) is 0 Å². The Labute approximate surface area is 101 Å². The minimum absolute atomic E-state index is 0.0642. The Morgan fingerprint density at radius 2 is 2.29 bits per heavy atom. The Morgan fingerprint density at radius 1 is 1.47 bits per heavy atom. The molecular formula is C12H18N2O3. The lowest BCUT2D eigenvalue weighted by Crippen LogP contribution is -2.05. The first kappa shape index (κ1) is 13.4. The van der Waals surface area contributed by atoms with Crippen molar-refractivity contribution in [1.82, 2.24) is 4.98 Å². The molecule has 0 bridgehead atoms. The van der Waals surface area contributed by atoms with E-state index in [9.17, 15) is 4.79 Å². The van der Waals surface area contributed by atoms with Crippen LogP contribution < -0.4 is 5.32 Å². The highest BCUT2D eigenvalue weighted by Gasteiger charge is 2.04. The number of aromatic nitrogens is 1. The number of nitrogens with one attached hydrogen (secondary N) is 1. The van der Waals surface area contributed by atoms with Crippen molar-refractivity contribution < 1.29 is 14.6 Å². The van der Waals surface area contributed by atoms with Crippen molar-refractivity contribution in [3.8, 4) is 0 Å². The van der Waals surface area contributed by atoms with Gasteiger partial charge in [0, 0.05) is 32.1 Å². The summed E-state index contributed by atoms with van der Waals surface area (Å²) in [5.74, 6) is -1.01. The molecule has 0 aliphatic heterocycles. The molecule has 1 aromatic rings. The second-order valence-electron chi connectivity index (χ2n) is 3.72. The van der Waals surface area contributed by atoms with Crippen LogP contribution in [0.5, 0.6) is 0 Å². The molecule has 94 valence electrons. The third-order valence-corrected chi connectivity index (χ3v) is 2.33. The molecule has 0 spiro atoms. The molecular weight excluding hydrogens is 220 g/mol. The zero-order chi connectivity index (χ0) is 12.5. The molecule has 0 unspecified atom stereocenters. The van der Waals surface area contributed by atoms with Crippen molar-refractivity contribution in [3.05, 3.63) is 24.0 Å². The van der Waals surface area contributed by atoms with E-state index in [2.05, 4.69) is 10.3 Å². The zero-order valence-corrected chi connectivity index (χ0v) is 9.98. The molecule has 1 rings (SSSR count). The number of ether oxygens (including phenoxy) is 1. The largest absolute Gasteiger partial charge is 0.477 e. The van der Waals surface area contributed by atoms with E-state index < -0.39 is 5.97 Å². The van der Waals surface area contributed by atoms with Crippen LogP contribution in [0, 0.1) is 0 Å². The number of carboxylic acids is 1. The summed E-state index contributed by atoms with van der Waals surface area (Å²) in [6, 6.07) is 3.30. The molecule has 1 aromatic heterocycles. The van der Waals surface area contributed by atoms with E-state index in [-0.39, 0.29) is 5.69 Å². The predicted octanol–water partition coefficient (Wildman–Crippen LogP) is 2.01. The first-order valence-corrected chi connectivity index (χ1v) is 5.66. The van der Waals surface area contributed by atoms with Crippen LogP contribution in [0.1, 0.15) is 29.8 Å². The number of hydrogen-bond acceptors (Lipinski definition) is 4. The fourth-order valence-corrected chi connectivity index (χ4v) is 1.44. The topological polar surface area (TPSA) is 71.5 Å². The highest BCUT2D eigenvalue weighted by Crippen LogP contribution is 2.08. The number of carbonyl (C=O) groups is 1. The molecule has 2 N–H and O–H groups in total. The summed E-state index contributed by atoms with van der Waals surface area (Å²) in [4.78, 5) is 14.4. The minimum Gasteiger partial charge on any atom is -0.477 e. The maximum Gasteiger partial charge on any atom is 0.354 e. The second kappa shape index (κ2) is 7.62. The van der Waals surface area contributed by atoms with Crippen LogP contribution in [-0.2, 0) is 4.74 Å². The first-order valence-electron chi connectivity index (χ1n) is 5.66. The van der Waals surface area contributed by atoms with Gasteiger partial charge >= 0.3 is 5.97 Å². The summed E-state index contributed by atoms with van der Waals surface area (Å²) >= 11 is 0. The van der Waals surface area contributed by atoms with Gasteiger partial charge in [0.2, 0.25) is 0 Å². The molecule has 17 heavy (non-hydrogen) atoms. The summed E-state index contributed by atoms with van der Waals surface area (Å²) in [7, 11) is 1.70. The number of anilines is 1. The maximum atomic E-state index is 10.7. The molecule has 5 nitrogen and oxygen atoms in total. The monoisotopic (exact) mass is 238 g/mol. The SMILES string of the molecule is COCCCCCNc1ccnc(C(=O)O)c1. The van der Waals surface area contributed by atoms with Crippen LogP contribution in [0.25, 0.3) is 0 Å². The number of unbranched alkanes of at least 4 members (excludes halogenated alkanes) is 2. The fraction of sp³-hybridized carbons (Fsp3) is 0.500. The van der Waals surface area contributed by atoms with Crippen molar-refractivity contribution in [2.24, 2.45) is 0 Å². The Hall–Kier alpha value is -1.62. The summed E-state index contributed by atoms with van der Waals surface area (Å²) < 4.78 is 4.95. The summed E-state index contributed by atoms with van der Waals surface area (Å²) in [6.45, 7) is 1.62. The van der Waals surface area contributed by atoms with Gasteiger partial charge in [0.05, 0.1) is 0 Å². The predicted molar refractivity (Wildman–Crippen MR) is 65.4 cm³/mol. The van der Waals surface area contributed by atoms with Gasteiger partial charge in [-0.25, -0.2) is 9.78 Å². The molecule has 0 saturated heterocycles. The van der Waals surface area contributed by atoms with Crippen LogP contribution in [0.3, 0.4) is 0 Å². The third-order valence-electron chi connectivity index (χ3n) is 2.33. The van der Waals surface area contributed by atoms with E-state index in [1.54, 1.807) is 13.2 Å². The Morgan fingerprint density at radius 3 is 3.00 bits per heavy atom. The Bertz CT molecular complexity index is 355. The molecule has 0 atom stereocenters. The van der Waals surface area contributed by atoms with Crippen molar-refractivity contribution >= 4 is 11.7 Å². The standard InChI is InChI=1S/C12H18N2O3/c1-17-8-4-2-3-6-13-10-5-7-14-11(9-10)12(15)16/h5,7,9H,2-4,6,8H2,1H3,(H,13,14)(H,15,16). The summed E-state index contributed by atoms with van der Waals surface area (Å²) in [5, 5.41) is 11.9. The van der Waals surface area contributed by atoms with E-state index in [4.69, 9.17) is 9.84 Å². The number of nitrogens with zero attached hydrogens (tertiary/aromatic N) is 1. The quantitative estimate of drug-likeness (QED) is 0.678.